The highest BCUT2D eigenvalue weighted by atomic mass is 32.1. The lowest BCUT2D eigenvalue weighted by Gasteiger charge is -2.34. The molecule has 0 aliphatic carbocycles. The van der Waals surface area contributed by atoms with Crippen molar-refractivity contribution in [2.75, 3.05) is 18.0 Å². The number of carbonyl (C=O) groups is 1. The molecule has 5 rings (SSSR count). The second-order valence-electron chi connectivity index (χ2n) is 7.73. The third kappa shape index (κ3) is 3.94. The summed E-state index contributed by atoms with van der Waals surface area (Å²) < 4.78 is 0. The van der Waals surface area contributed by atoms with Gasteiger partial charge in [0.15, 0.2) is 0 Å². The number of nitrogens with zero attached hydrogens (tertiary/aromatic N) is 4. The number of benzene rings is 2. The van der Waals surface area contributed by atoms with Crippen LogP contribution in [-0.2, 0) is 0 Å². The molecule has 2 aromatic heterocycles. The molecule has 1 N–H and O–H groups in total. The number of aryl methyl sites for hydroxylation is 1. The molecule has 7 heteroatoms. The summed E-state index contributed by atoms with van der Waals surface area (Å²) in [6, 6.07) is 17.8. The second kappa shape index (κ2) is 8.53. The maximum Gasteiger partial charge on any atom is 0.259 e. The molecule has 1 aliphatic heterocycles. The van der Waals surface area contributed by atoms with Crippen molar-refractivity contribution in [2.45, 2.75) is 25.8 Å². The Bertz CT molecular complexity index is 1210. The maximum absolute atomic E-state index is 13.8. The number of nitrogens with one attached hydrogen (secondary N) is 1. The zero-order valence-corrected chi connectivity index (χ0v) is 18.1. The van der Waals surface area contributed by atoms with Crippen molar-refractivity contribution in [3.8, 4) is 10.6 Å². The first-order valence-electron chi connectivity index (χ1n) is 10.5. The molecule has 0 radical (unpaired) electrons. The lowest BCUT2D eigenvalue weighted by molar-refractivity contribution is 0.0972. The summed E-state index contributed by atoms with van der Waals surface area (Å²) in [5.74, 6) is 0.693. The van der Waals surface area contributed by atoms with E-state index in [1.165, 1.54) is 0 Å². The van der Waals surface area contributed by atoms with Crippen LogP contribution < -0.4 is 10.2 Å². The van der Waals surface area contributed by atoms with Crippen LogP contribution in [0.15, 0.2) is 60.8 Å². The largest absolute Gasteiger partial charge is 0.315 e. The van der Waals surface area contributed by atoms with Crippen LogP contribution in [0.2, 0.25) is 0 Å². The van der Waals surface area contributed by atoms with Gasteiger partial charge in [0.1, 0.15) is 15.8 Å². The number of fused-ring (bicyclic) bond motifs is 1. The van der Waals surface area contributed by atoms with Gasteiger partial charge in [0.2, 0.25) is 0 Å². The predicted octanol–water partition coefficient (Wildman–Crippen LogP) is 4.46. The summed E-state index contributed by atoms with van der Waals surface area (Å²) in [7, 11) is 0. The van der Waals surface area contributed by atoms with Crippen molar-refractivity contribution >= 4 is 33.8 Å². The Kier molecular flexibility index (Phi) is 5.44. The summed E-state index contributed by atoms with van der Waals surface area (Å²) in [5, 5.41) is 15.6. The van der Waals surface area contributed by atoms with Crippen LogP contribution in [0.3, 0.4) is 0 Å². The van der Waals surface area contributed by atoms with Crippen LogP contribution in [0.5, 0.6) is 0 Å². The van der Waals surface area contributed by atoms with Crippen LogP contribution >= 0.6 is 11.3 Å². The third-order valence-corrected chi connectivity index (χ3v) is 6.53. The molecule has 0 spiro atoms. The Labute approximate surface area is 185 Å². The van der Waals surface area contributed by atoms with Gasteiger partial charge in [-0.15, -0.1) is 10.2 Å². The maximum atomic E-state index is 13.8. The van der Waals surface area contributed by atoms with E-state index in [2.05, 4.69) is 26.6 Å². The van der Waals surface area contributed by atoms with E-state index in [4.69, 9.17) is 0 Å². The monoisotopic (exact) mass is 429 g/mol. The number of piperidine rings is 1. The van der Waals surface area contributed by atoms with Crippen LogP contribution in [0, 0.1) is 6.92 Å². The SMILES string of the molecule is Cc1nnc(-c2ccc(C(=O)N(c3nccc4ccccc34)[C@@H]3CCCNC3)cc2)s1. The Balaban J connectivity index is 1.54. The average molecular weight is 430 g/mol. The van der Waals surface area contributed by atoms with Crippen molar-refractivity contribution < 1.29 is 4.79 Å². The highest BCUT2D eigenvalue weighted by molar-refractivity contribution is 7.14. The number of carbonyl (C=O) groups excluding carboxylic acids is 1. The lowest BCUT2D eigenvalue weighted by atomic mass is 10.0. The molecule has 4 aromatic rings. The molecule has 0 saturated carbocycles. The normalized spacial score (nSPS) is 16.4. The van der Waals surface area contributed by atoms with Crippen LogP contribution in [0.1, 0.15) is 28.2 Å². The number of amides is 1. The fourth-order valence-electron chi connectivity index (χ4n) is 4.09. The van der Waals surface area contributed by atoms with Gasteiger partial charge in [-0.2, -0.15) is 0 Å². The van der Waals surface area contributed by atoms with Crippen molar-refractivity contribution in [1.29, 1.82) is 0 Å². The van der Waals surface area contributed by atoms with Crippen molar-refractivity contribution in [3.05, 3.63) is 71.4 Å². The highest BCUT2D eigenvalue weighted by Crippen LogP contribution is 2.30. The van der Waals surface area contributed by atoms with Gasteiger partial charge in [0, 0.05) is 29.3 Å². The zero-order valence-electron chi connectivity index (χ0n) is 17.3. The molecular weight excluding hydrogens is 406 g/mol. The van der Waals surface area contributed by atoms with E-state index in [1.54, 1.807) is 17.5 Å². The molecule has 31 heavy (non-hydrogen) atoms. The predicted molar refractivity (Wildman–Crippen MR) is 125 cm³/mol. The topological polar surface area (TPSA) is 71.0 Å². The molecule has 156 valence electrons. The summed E-state index contributed by atoms with van der Waals surface area (Å²) >= 11 is 1.55. The molecule has 3 heterocycles. The van der Waals surface area contributed by atoms with Gasteiger partial charge in [-0.1, -0.05) is 47.7 Å². The molecule has 0 unspecified atom stereocenters. The molecule has 2 aromatic carbocycles. The van der Waals surface area contributed by atoms with Crippen molar-refractivity contribution in [3.63, 3.8) is 0 Å². The second-order valence-corrected chi connectivity index (χ2v) is 8.92. The van der Waals surface area contributed by atoms with Gasteiger partial charge in [0.05, 0.1) is 6.04 Å². The van der Waals surface area contributed by atoms with Crippen LogP contribution in [-0.4, -0.2) is 40.2 Å². The molecule has 1 atom stereocenters. The summed E-state index contributed by atoms with van der Waals surface area (Å²) in [4.78, 5) is 20.3. The fourth-order valence-corrected chi connectivity index (χ4v) is 4.79. The Hall–Kier alpha value is -3.16. The third-order valence-electron chi connectivity index (χ3n) is 5.64. The molecule has 0 bridgehead atoms. The molecule has 6 nitrogen and oxygen atoms in total. The van der Waals surface area contributed by atoms with E-state index in [0.717, 1.165) is 58.1 Å². The number of hydrogen-bond acceptors (Lipinski definition) is 6. The smallest absolute Gasteiger partial charge is 0.259 e. The standard InChI is InChI=1S/C24H23N5OS/c1-16-27-28-23(31-16)18-8-10-19(11-9-18)24(30)29(20-6-4-13-25-15-20)22-21-7-3-2-5-17(21)12-14-26-22/h2-3,5,7-12,14,20,25H,4,6,13,15H2,1H3/t20-/m1/s1. The van der Waals surface area contributed by atoms with Crippen molar-refractivity contribution in [1.82, 2.24) is 20.5 Å². The first-order chi connectivity index (χ1) is 15.2. The van der Waals surface area contributed by atoms with Crippen LogP contribution in [0.4, 0.5) is 5.82 Å². The Morgan fingerprint density at radius 3 is 2.68 bits per heavy atom. The summed E-state index contributed by atoms with van der Waals surface area (Å²) in [6.07, 6.45) is 3.77. The highest BCUT2D eigenvalue weighted by Gasteiger charge is 2.30. The summed E-state index contributed by atoms with van der Waals surface area (Å²) in [6.45, 7) is 3.68. The van der Waals surface area contributed by atoms with Crippen LogP contribution in [0.25, 0.3) is 21.3 Å². The minimum atomic E-state index is -0.0300. The van der Waals surface area contributed by atoms with E-state index in [0.29, 0.717) is 5.56 Å². The fraction of sp³-hybridized carbons (Fsp3) is 0.250. The van der Waals surface area contributed by atoms with E-state index in [-0.39, 0.29) is 11.9 Å². The molecule has 1 aliphatic rings. The minimum absolute atomic E-state index is 0.0300. The average Bonchev–Trinajstić information content (AvgIpc) is 3.26. The van der Waals surface area contributed by atoms with E-state index >= 15 is 0 Å². The Morgan fingerprint density at radius 2 is 1.94 bits per heavy atom. The van der Waals surface area contributed by atoms with Gasteiger partial charge in [-0.25, -0.2) is 4.98 Å². The molecular formula is C24H23N5OS. The van der Waals surface area contributed by atoms with Gasteiger partial charge in [-0.3, -0.25) is 9.69 Å². The number of pyridine rings is 1. The molecule has 1 saturated heterocycles. The number of hydrogen-bond donors (Lipinski definition) is 1. The van der Waals surface area contributed by atoms with Gasteiger partial charge in [-0.05, 0) is 49.9 Å². The van der Waals surface area contributed by atoms with Gasteiger partial charge >= 0.3 is 0 Å². The molecule has 1 amide bonds. The first-order valence-corrected chi connectivity index (χ1v) is 11.3. The molecule has 1 fully saturated rings. The minimum Gasteiger partial charge on any atom is -0.315 e. The van der Waals surface area contributed by atoms with E-state index in [9.17, 15) is 4.79 Å². The van der Waals surface area contributed by atoms with Crippen molar-refractivity contribution in [2.24, 2.45) is 0 Å². The summed E-state index contributed by atoms with van der Waals surface area (Å²) in [5.41, 5.74) is 1.61. The lowest BCUT2D eigenvalue weighted by Crippen LogP contribution is -2.49. The number of anilines is 1. The van der Waals surface area contributed by atoms with E-state index < -0.39 is 0 Å². The quantitative estimate of drug-likeness (QED) is 0.519. The van der Waals surface area contributed by atoms with E-state index in [1.807, 2.05) is 60.4 Å². The Morgan fingerprint density at radius 1 is 1.10 bits per heavy atom. The van der Waals surface area contributed by atoms with Gasteiger partial charge in [0.25, 0.3) is 5.91 Å². The number of aromatic nitrogens is 3. The first kappa shape index (κ1) is 19.8. The van der Waals surface area contributed by atoms with Gasteiger partial charge < -0.3 is 5.32 Å². The zero-order chi connectivity index (χ0) is 21.2. The number of rotatable bonds is 4.